The summed E-state index contributed by atoms with van der Waals surface area (Å²) in [7, 11) is 2.17. The molecule has 1 atom stereocenters. The number of aromatic nitrogens is 3. The van der Waals surface area contributed by atoms with E-state index in [4.69, 9.17) is 14.7 Å². The number of halogens is 1. The molecule has 5 rings (SSSR count). The maximum Gasteiger partial charge on any atom is 0.242 e. The molecule has 0 amide bonds. The van der Waals surface area contributed by atoms with E-state index in [0.29, 0.717) is 24.5 Å². The average molecular weight is 493 g/mol. The van der Waals surface area contributed by atoms with Crippen molar-refractivity contribution in [3.05, 3.63) is 71.3 Å². The van der Waals surface area contributed by atoms with E-state index < -0.39 is 5.85 Å². The lowest BCUT2D eigenvalue weighted by molar-refractivity contribution is -0.0257. The van der Waals surface area contributed by atoms with Crippen LogP contribution < -0.4 is 9.64 Å². The smallest absolute Gasteiger partial charge is 0.242 e. The first-order chi connectivity index (χ1) is 17.2. The van der Waals surface area contributed by atoms with Crippen LogP contribution in [-0.4, -0.2) is 64.5 Å². The minimum atomic E-state index is -1.73. The van der Waals surface area contributed by atoms with Gasteiger partial charge in [0.1, 0.15) is 11.6 Å². The largest absolute Gasteiger partial charge is 0.459 e. The summed E-state index contributed by atoms with van der Waals surface area (Å²) in [6.45, 7) is 9.59. The first-order valence-electron chi connectivity index (χ1n) is 12.4. The van der Waals surface area contributed by atoms with Crippen LogP contribution in [0.2, 0.25) is 0 Å². The lowest BCUT2D eigenvalue weighted by Gasteiger charge is -2.34. The quantitative estimate of drug-likeness (QED) is 0.489. The van der Waals surface area contributed by atoms with Gasteiger partial charge >= 0.3 is 0 Å². The minimum Gasteiger partial charge on any atom is -0.459 e. The highest BCUT2D eigenvalue weighted by molar-refractivity contribution is 6.01. The number of anilines is 1. The highest BCUT2D eigenvalue weighted by Gasteiger charge is 2.28. The minimum absolute atomic E-state index is 0.336. The highest BCUT2D eigenvalue weighted by Crippen LogP contribution is 2.29. The van der Waals surface area contributed by atoms with E-state index >= 15 is 0 Å². The fraction of sp³-hybridized carbons (Fsp3) is 0.444. The van der Waals surface area contributed by atoms with Crippen LogP contribution in [0.15, 0.2) is 53.7 Å². The molecule has 1 fully saturated rings. The molecule has 0 spiro atoms. The zero-order valence-electron chi connectivity index (χ0n) is 21.3. The van der Waals surface area contributed by atoms with Gasteiger partial charge in [0, 0.05) is 52.1 Å². The Kier molecular flexibility index (Phi) is 6.66. The number of piperazine rings is 1. The van der Waals surface area contributed by atoms with Crippen molar-refractivity contribution in [2.24, 2.45) is 5.16 Å². The molecule has 0 radical (unpaired) electrons. The van der Waals surface area contributed by atoms with Gasteiger partial charge < -0.3 is 19.4 Å². The van der Waals surface area contributed by atoms with E-state index in [9.17, 15) is 4.39 Å². The van der Waals surface area contributed by atoms with Crippen LogP contribution in [0.25, 0.3) is 0 Å². The van der Waals surface area contributed by atoms with Crippen molar-refractivity contribution in [3.63, 3.8) is 0 Å². The molecule has 2 aliphatic rings. The van der Waals surface area contributed by atoms with Crippen LogP contribution in [0.3, 0.4) is 0 Å². The van der Waals surface area contributed by atoms with Crippen molar-refractivity contribution >= 4 is 11.4 Å². The van der Waals surface area contributed by atoms with Gasteiger partial charge in [0.05, 0.1) is 12.3 Å². The fourth-order valence-corrected chi connectivity index (χ4v) is 4.50. The molecule has 1 saturated heterocycles. The summed E-state index contributed by atoms with van der Waals surface area (Å²) < 4.78 is 20.9. The third-order valence-corrected chi connectivity index (χ3v) is 6.49. The Morgan fingerprint density at radius 1 is 1.08 bits per heavy atom. The molecule has 0 bridgehead atoms. The Hall–Kier alpha value is -3.46. The normalized spacial score (nSPS) is 18.8. The van der Waals surface area contributed by atoms with Crippen LogP contribution in [0.5, 0.6) is 5.75 Å². The first-order valence-corrected chi connectivity index (χ1v) is 12.4. The monoisotopic (exact) mass is 492 g/mol. The van der Waals surface area contributed by atoms with Crippen LogP contribution >= 0.6 is 0 Å². The van der Waals surface area contributed by atoms with Gasteiger partial charge in [-0.15, -0.1) is 0 Å². The predicted octanol–water partition coefficient (Wildman–Crippen LogP) is 4.34. The Balaban J connectivity index is 1.23. The second kappa shape index (κ2) is 9.89. The van der Waals surface area contributed by atoms with Crippen LogP contribution in [0.4, 0.5) is 10.1 Å². The highest BCUT2D eigenvalue weighted by atomic mass is 19.2. The van der Waals surface area contributed by atoms with Crippen molar-refractivity contribution in [2.75, 3.05) is 38.1 Å². The zero-order valence-corrected chi connectivity index (χ0v) is 21.3. The molecule has 9 heteroatoms. The van der Waals surface area contributed by atoms with Gasteiger partial charge in [-0.3, -0.25) is 0 Å². The van der Waals surface area contributed by atoms with E-state index in [0.717, 1.165) is 43.3 Å². The zero-order chi connectivity index (χ0) is 25.3. The van der Waals surface area contributed by atoms with Crippen molar-refractivity contribution in [1.82, 2.24) is 19.7 Å². The molecule has 1 aromatic heterocycles. The molecule has 190 valence electrons. The lowest BCUT2D eigenvalue weighted by atomic mass is 10.0. The Bertz CT molecular complexity index is 1230. The molecule has 36 heavy (non-hydrogen) atoms. The fourth-order valence-electron chi connectivity index (χ4n) is 4.50. The molecule has 8 nitrogen and oxygen atoms in total. The second-order valence-corrected chi connectivity index (χ2v) is 9.96. The van der Waals surface area contributed by atoms with Crippen LogP contribution in [0.1, 0.15) is 49.1 Å². The summed E-state index contributed by atoms with van der Waals surface area (Å²) in [5.41, 5.74) is 4.15. The molecule has 3 heterocycles. The SMILES string of the molecule is Cc1nc(C2CC(c3ccc(OC(C)(C)F)cc3)=NO2)nn1Cc1cccc(N2CCN(C)CC2)c1. The van der Waals surface area contributed by atoms with Gasteiger partial charge in [0.15, 0.2) is 11.9 Å². The van der Waals surface area contributed by atoms with Gasteiger partial charge in [0.2, 0.25) is 5.85 Å². The number of hydrogen-bond donors (Lipinski definition) is 0. The summed E-state index contributed by atoms with van der Waals surface area (Å²) >= 11 is 0. The number of rotatable bonds is 7. The lowest BCUT2D eigenvalue weighted by Crippen LogP contribution is -2.44. The van der Waals surface area contributed by atoms with Gasteiger partial charge in [-0.2, -0.15) is 9.49 Å². The third-order valence-electron chi connectivity index (χ3n) is 6.49. The van der Waals surface area contributed by atoms with E-state index in [2.05, 4.69) is 51.3 Å². The van der Waals surface area contributed by atoms with Crippen LogP contribution in [-0.2, 0) is 11.4 Å². The first kappa shape index (κ1) is 24.2. The van der Waals surface area contributed by atoms with E-state index in [1.807, 2.05) is 23.7 Å². The number of alkyl halides is 1. The molecule has 1 unspecified atom stereocenters. The standard InChI is InChI=1S/C27H33FN6O2/c1-19-29-26(25-17-24(31-36-25)21-8-10-23(11-9-21)35-27(2,3)28)30-34(19)18-20-6-5-7-22(16-20)33-14-12-32(4)13-15-33/h5-11,16,25H,12-15,17-18H2,1-4H3. The number of ether oxygens (including phenoxy) is 1. The topological polar surface area (TPSA) is 68.0 Å². The number of likely N-dealkylation sites (N-methyl/N-ethyl adjacent to an activating group) is 1. The molecule has 0 N–H and O–H groups in total. The number of nitrogens with zero attached hydrogens (tertiary/aromatic N) is 6. The summed E-state index contributed by atoms with van der Waals surface area (Å²) in [5.74, 6) is 0.201. The summed E-state index contributed by atoms with van der Waals surface area (Å²) in [6, 6.07) is 15.9. The Morgan fingerprint density at radius 3 is 2.56 bits per heavy atom. The maximum absolute atomic E-state index is 13.7. The number of hydrogen-bond acceptors (Lipinski definition) is 7. The number of oxime groups is 1. The van der Waals surface area contributed by atoms with Crippen molar-refractivity contribution < 1.29 is 14.0 Å². The summed E-state index contributed by atoms with van der Waals surface area (Å²) in [6.07, 6.45) is 0.231. The molecular formula is C27H33FN6O2. The predicted molar refractivity (Wildman–Crippen MR) is 137 cm³/mol. The van der Waals surface area contributed by atoms with E-state index in [1.165, 1.54) is 25.1 Å². The molecule has 2 aliphatic heterocycles. The molecular weight excluding hydrogens is 459 g/mol. The average Bonchev–Trinajstić information content (AvgIpc) is 3.47. The molecule has 2 aromatic carbocycles. The second-order valence-electron chi connectivity index (χ2n) is 9.96. The number of aryl methyl sites for hydroxylation is 1. The molecule has 0 aliphatic carbocycles. The van der Waals surface area contributed by atoms with Crippen molar-refractivity contribution in [2.45, 2.75) is 45.7 Å². The Morgan fingerprint density at radius 2 is 1.83 bits per heavy atom. The Labute approximate surface area is 211 Å². The number of benzene rings is 2. The van der Waals surface area contributed by atoms with Gasteiger partial charge in [-0.25, -0.2) is 9.67 Å². The molecule has 0 saturated carbocycles. The van der Waals surface area contributed by atoms with Crippen molar-refractivity contribution in [3.8, 4) is 5.75 Å². The van der Waals surface area contributed by atoms with Crippen molar-refractivity contribution in [1.29, 1.82) is 0 Å². The summed E-state index contributed by atoms with van der Waals surface area (Å²) in [5, 5.41) is 9.01. The third kappa shape index (κ3) is 5.67. The van der Waals surface area contributed by atoms with Crippen LogP contribution in [0, 0.1) is 6.92 Å². The molecule has 3 aromatic rings. The summed E-state index contributed by atoms with van der Waals surface area (Å²) in [4.78, 5) is 15.2. The van der Waals surface area contributed by atoms with E-state index in [-0.39, 0.29) is 6.10 Å². The van der Waals surface area contributed by atoms with Gasteiger partial charge in [0.25, 0.3) is 0 Å². The van der Waals surface area contributed by atoms with E-state index in [1.54, 1.807) is 12.1 Å². The van der Waals surface area contributed by atoms with Gasteiger partial charge in [-0.05, 0) is 61.5 Å². The maximum atomic E-state index is 13.7. The van der Waals surface area contributed by atoms with Gasteiger partial charge in [-0.1, -0.05) is 17.3 Å².